The molecule has 2 aliphatic carbocycles. The monoisotopic (exact) mass is 498 g/mol. The van der Waals surface area contributed by atoms with E-state index in [1.807, 2.05) is 6.92 Å². The molecule has 2 N–H and O–H groups in total. The van der Waals surface area contributed by atoms with Crippen LogP contribution in [0.2, 0.25) is 5.02 Å². The van der Waals surface area contributed by atoms with E-state index >= 15 is 0 Å². The fraction of sp³-hybridized carbons (Fsp3) is 0.560. The minimum atomic E-state index is -0.984. The zero-order valence-electron chi connectivity index (χ0n) is 19.9. The average Bonchev–Trinajstić information content (AvgIpc) is 3.78. The van der Waals surface area contributed by atoms with Crippen LogP contribution in [0.3, 0.4) is 0 Å². The number of nitrogens with zero attached hydrogens (tertiary/aromatic N) is 5. The summed E-state index contributed by atoms with van der Waals surface area (Å²) in [4.78, 5) is 40.6. The van der Waals surface area contributed by atoms with Gasteiger partial charge in [-0.15, -0.1) is 0 Å². The molecule has 0 radical (unpaired) electrons. The van der Waals surface area contributed by atoms with Gasteiger partial charge in [-0.2, -0.15) is 0 Å². The summed E-state index contributed by atoms with van der Waals surface area (Å²) in [5.41, 5.74) is 0.246. The first-order valence-corrected chi connectivity index (χ1v) is 12.7. The molecule has 5 rings (SSSR count). The Kier molecular flexibility index (Phi) is 6.53. The predicted octanol–water partition coefficient (Wildman–Crippen LogP) is 4.69. The Morgan fingerprint density at radius 3 is 2.49 bits per heavy atom. The van der Waals surface area contributed by atoms with Crippen LogP contribution in [0.5, 0.6) is 0 Å². The zero-order valence-corrected chi connectivity index (χ0v) is 20.6. The molecular weight excluding hydrogens is 468 g/mol. The Labute approximate surface area is 209 Å². The molecule has 3 heterocycles. The van der Waals surface area contributed by atoms with Crippen LogP contribution in [0.15, 0.2) is 30.7 Å². The Bertz CT molecular complexity index is 1070. The van der Waals surface area contributed by atoms with Crippen molar-refractivity contribution in [3.63, 3.8) is 0 Å². The van der Waals surface area contributed by atoms with Crippen LogP contribution in [-0.2, 0) is 4.79 Å². The van der Waals surface area contributed by atoms with Crippen molar-refractivity contribution >= 4 is 41.1 Å². The van der Waals surface area contributed by atoms with Gasteiger partial charge in [0, 0.05) is 25.0 Å². The second-order valence-corrected chi connectivity index (χ2v) is 10.8. The van der Waals surface area contributed by atoms with Gasteiger partial charge in [0.1, 0.15) is 5.82 Å². The number of carboxylic acid groups (broad SMARTS) is 1. The number of aromatic nitrogens is 3. The van der Waals surface area contributed by atoms with Crippen molar-refractivity contribution in [1.82, 2.24) is 15.0 Å². The SMILES string of the molecule is CC1(C(=O)Nc2ccc(N(CC[C@@H]3C[C@@H]3C3CCN(c4ncc(Cl)cn4)CC3)C(=O)O)cn2)CC1. The number of hydrogen-bond donors (Lipinski definition) is 2. The minimum absolute atomic E-state index is 0.0286. The topological polar surface area (TPSA) is 112 Å². The van der Waals surface area contributed by atoms with E-state index in [1.165, 1.54) is 11.1 Å². The summed E-state index contributed by atoms with van der Waals surface area (Å²) in [7, 11) is 0. The highest BCUT2D eigenvalue weighted by atomic mass is 35.5. The van der Waals surface area contributed by atoms with Gasteiger partial charge in [0.15, 0.2) is 0 Å². The van der Waals surface area contributed by atoms with Gasteiger partial charge in [0.2, 0.25) is 11.9 Å². The zero-order chi connectivity index (χ0) is 24.6. The lowest BCUT2D eigenvalue weighted by Gasteiger charge is -2.32. The summed E-state index contributed by atoms with van der Waals surface area (Å²) in [6.45, 7) is 4.25. The van der Waals surface area contributed by atoms with Crippen molar-refractivity contribution in [2.75, 3.05) is 34.8 Å². The fourth-order valence-electron chi connectivity index (χ4n) is 5.11. The number of carbonyl (C=O) groups excluding carboxylic acids is 1. The number of hydrogen-bond acceptors (Lipinski definition) is 6. The number of piperidine rings is 1. The predicted molar refractivity (Wildman–Crippen MR) is 134 cm³/mol. The Morgan fingerprint density at radius 1 is 1.17 bits per heavy atom. The number of anilines is 3. The van der Waals surface area contributed by atoms with Crippen molar-refractivity contribution in [2.24, 2.45) is 23.2 Å². The second-order valence-electron chi connectivity index (χ2n) is 10.3. The van der Waals surface area contributed by atoms with E-state index < -0.39 is 6.09 Å². The van der Waals surface area contributed by atoms with E-state index in [0.717, 1.165) is 57.6 Å². The highest BCUT2D eigenvalue weighted by Gasteiger charge is 2.45. The van der Waals surface area contributed by atoms with Crippen molar-refractivity contribution in [3.8, 4) is 0 Å². The van der Waals surface area contributed by atoms with Crippen LogP contribution >= 0.6 is 11.6 Å². The summed E-state index contributed by atoms with van der Waals surface area (Å²) < 4.78 is 0. The van der Waals surface area contributed by atoms with Gasteiger partial charge in [-0.1, -0.05) is 18.5 Å². The number of nitrogens with one attached hydrogen (secondary N) is 1. The fourth-order valence-corrected chi connectivity index (χ4v) is 5.21. The molecule has 2 saturated carbocycles. The Morgan fingerprint density at radius 2 is 1.89 bits per heavy atom. The molecule has 0 spiro atoms. The smallest absolute Gasteiger partial charge is 0.411 e. The summed E-state index contributed by atoms with van der Waals surface area (Å²) in [6.07, 6.45) is 9.80. The molecule has 35 heavy (non-hydrogen) atoms. The van der Waals surface area contributed by atoms with Crippen LogP contribution in [0.1, 0.15) is 45.4 Å². The molecule has 1 aliphatic heterocycles. The Hall–Kier alpha value is -2.94. The van der Waals surface area contributed by atoms with Gasteiger partial charge >= 0.3 is 6.09 Å². The van der Waals surface area contributed by atoms with Gasteiger partial charge in [-0.05, 0) is 68.4 Å². The first-order valence-electron chi connectivity index (χ1n) is 12.3. The highest BCUT2D eigenvalue weighted by molar-refractivity contribution is 6.30. The average molecular weight is 499 g/mol. The molecule has 2 atom stereocenters. The van der Waals surface area contributed by atoms with Gasteiger partial charge in [0.25, 0.3) is 0 Å². The molecule has 0 bridgehead atoms. The summed E-state index contributed by atoms with van der Waals surface area (Å²) in [5.74, 6) is 3.05. The first-order chi connectivity index (χ1) is 16.8. The first kappa shape index (κ1) is 23.8. The molecule has 186 valence electrons. The van der Waals surface area contributed by atoms with E-state index in [2.05, 4.69) is 25.2 Å². The lowest BCUT2D eigenvalue weighted by Crippen LogP contribution is -2.35. The normalized spacial score (nSPS) is 23.0. The van der Waals surface area contributed by atoms with E-state index in [9.17, 15) is 14.7 Å². The summed E-state index contributed by atoms with van der Waals surface area (Å²) >= 11 is 5.89. The Balaban J connectivity index is 1.09. The highest BCUT2D eigenvalue weighted by Crippen LogP contribution is 2.50. The van der Waals surface area contributed by atoms with E-state index in [1.54, 1.807) is 24.5 Å². The second kappa shape index (κ2) is 9.60. The number of halogens is 1. The third-order valence-electron chi connectivity index (χ3n) is 7.82. The summed E-state index contributed by atoms with van der Waals surface area (Å²) in [6, 6.07) is 3.39. The molecular formula is C25H31ClN6O3. The van der Waals surface area contributed by atoms with E-state index in [0.29, 0.717) is 40.8 Å². The maximum Gasteiger partial charge on any atom is 0.411 e. The molecule has 2 aromatic heterocycles. The van der Waals surface area contributed by atoms with Gasteiger partial charge in [-0.25, -0.2) is 19.7 Å². The molecule has 1 saturated heterocycles. The van der Waals surface area contributed by atoms with E-state index in [4.69, 9.17) is 11.6 Å². The van der Waals surface area contributed by atoms with Crippen LogP contribution in [0, 0.1) is 23.2 Å². The maximum atomic E-state index is 12.2. The molecule has 0 unspecified atom stereocenters. The molecule has 3 aliphatic rings. The van der Waals surface area contributed by atoms with Crippen molar-refractivity contribution in [1.29, 1.82) is 0 Å². The number of carbonyl (C=O) groups is 2. The van der Waals surface area contributed by atoms with E-state index in [-0.39, 0.29) is 11.3 Å². The van der Waals surface area contributed by atoms with Crippen molar-refractivity contribution in [3.05, 3.63) is 35.7 Å². The summed E-state index contributed by atoms with van der Waals surface area (Å²) in [5, 5.41) is 13.1. The minimum Gasteiger partial charge on any atom is -0.465 e. The maximum absolute atomic E-state index is 12.2. The molecule has 0 aromatic carbocycles. The third kappa shape index (κ3) is 5.50. The number of amides is 2. The quantitative estimate of drug-likeness (QED) is 0.543. The molecule has 3 fully saturated rings. The van der Waals surface area contributed by atoms with Crippen molar-refractivity contribution < 1.29 is 14.7 Å². The molecule has 2 aromatic rings. The number of rotatable bonds is 8. The molecule has 10 heteroatoms. The van der Waals surface area contributed by atoms with Gasteiger partial charge in [0.05, 0.1) is 29.3 Å². The largest absolute Gasteiger partial charge is 0.465 e. The third-order valence-corrected chi connectivity index (χ3v) is 8.01. The standard InChI is InChI=1S/C25H31ClN6O3/c1-25(7-8-25)22(33)30-21-3-2-19(15-27-21)32(24(34)35)11-6-17-12-20(17)16-4-9-31(10-5-16)23-28-13-18(26)14-29-23/h2-3,13-17,20H,4-12H2,1H3,(H,34,35)(H,27,30,33)/t17-,20-/m1/s1. The molecule has 2 amide bonds. The molecule has 9 nitrogen and oxygen atoms in total. The van der Waals surface area contributed by atoms with Crippen LogP contribution < -0.4 is 15.1 Å². The number of pyridine rings is 1. The van der Waals surface area contributed by atoms with Crippen LogP contribution in [0.4, 0.5) is 22.2 Å². The van der Waals surface area contributed by atoms with Crippen LogP contribution in [0.25, 0.3) is 0 Å². The lowest BCUT2D eigenvalue weighted by atomic mass is 9.90. The lowest BCUT2D eigenvalue weighted by molar-refractivity contribution is -0.120. The van der Waals surface area contributed by atoms with Gasteiger partial charge < -0.3 is 15.3 Å². The van der Waals surface area contributed by atoms with Crippen LogP contribution in [-0.4, -0.2) is 51.7 Å². The van der Waals surface area contributed by atoms with Crippen molar-refractivity contribution in [2.45, 2.75) is 45.4 Å². The van der Waals surface area contributed by atoms with Gasteiger partial charge in [-0.3, -0.25) is 9.69 Å².